The van der Waals surface area contributed by atoms with E-state index in [1.165, 1.54) is 17.1 Å². The fraction of sp³-hybridized carbons (Fsp3) is 0.250. The average molecular weight is 358 g/mol. The molecule has 0 aliphatic carbocycles. The van der Waals surface area contributed by atoms with Crippen molar-refractivity contribution in [3.8, 4) is 0 Å². The van der Waals surface area contributed by atoms with Crippen LogP contribution in [0.4, 0.5) is 8.78 Å². The molecule has 2 rings (SSSR count). The molecule has 0 aliphatic heterocycles. The topological polar surface area (TPSA) is 46.5 Å². The van der Waals surface area contributed by atoms with Gasteiger partial charge in [0.1, 0.15) is 9.21 Å². The lowest BCUT2D eigenvalue weighted by atomic mass is 10.6. The first-order chi connectivity index (χ1) is 7.58. The maximum atomic E-state index is 11.7. The molecule has 0 saturated heterocycles. The van der Waals surface area contributed by atoms with E-state index in [9.17, 15) is 8.78 Å². The van der Waals surface area contributed by atoms with Gasteiger partial charge in [0.2, 0.25) is 0 Å². The van der Waals surface area contributed by atoms with Crippen LogP contribution in [0.1, 0.15) is 0 Å². The molecule has 0 aliphatic rings. The number of hydrogen-bond acceptors (Lipinski definition) is 2. The Morgan fingerprint density at radius 2 is 2.19 bits per heavy atom. The molecule has 2 heterocycles. The van der Waals surface area contributed by atoms with Crippen LogP contribution >= 0.6 is 31.9 Å². The molecular formula is C8H8Br2F2N4. The molecule has 0 saturated carbocycles. The van der Waals surface area contributed by atoms with E-state index in [1.54, 1.807) is 12.5 Å². The number of aromatic amines is 1. The zero-order valence-corrected chi connectivity index (χ0v) is 11.1. The second kappa shape index (κ2) is 6.74. The van der Waals surface area contributed by atoms with E-state index in [4.69, 9.17) is 0 Å². The van der Waals surface area contributed by atoms with Gasteiger partial charge in [-0.15, -0.1) is 0 Å². The van der Waals surface area contributed by atoms with Crippen LogP contribution in [0.25, 0.3) is 0 Å². The molecule has 88 valence electrons. The van der Waals surface area contributed by atoms with E-state index in [-0.39, 0.29) is 6.54 Å². The van der Waals surface area contributed by atoms with Crippen molar-refractivity contribution >= 4 is 31.9 Å². The SMILES string of the molecule is Brc1cnc[nH]1.FC(F)Cn1cnc(Br)c1. The number of nitrogens with zero attached hydrogens (tertiary/aromatic N) is 3. The Balaban J connectivity index is 0.000000181. The number of H-pyrrole nitrogens is 1. The van der Waals surface area contributed by atoms with Crippen molar-refractivity contribution in [2.45, 2.75) is 13.0 Å². The molecular weight excluding hydrogens is 350 g/mol. The van der Waals surface area contributed by atoms with E-state index in [0.29, 0.717) is 4.60 Å². The van der Waals surface area contributed by atoms with E-state index < -0.39 is 6.43 Å². The molecule has 0 amide bonds. The third-order valence-corrected chi connectivity index (χ3v) is 2.26. The standard InChI is InChI=1S/C5H5BrF2N2.C3H3BrN2/c6-4-1-10(3-9-4)2-5(7)8;4-3-1-5-2-6-3/h1,3,5H,2H2;1-2H,(H,5,6). The van der Waals surface area contributed by atoms with Gasteiger partial charge in [-0.25, -0.2) is 18.7 Å². The van der Waals surface area contributed by atoms with Gasteiger partial charge in [-0.3, -0.25) is 0 Å². The van der Waals surface area contributed by atoms with Crippen molar-refractivity contribution in [2.24, 2.45) is 0 Å². The van der Waals surface area contributed by atoms with Gasteiger partial charge in [0, 0.05) is 6.20 Å². The molecule has 8 heteroatoms. The fourth-order valence-electron chi connectivity index (χ4n) is 0.831. The molecule has 0 radical (unpaired) electrons. The van der Waals surface area contributed by atoms with Gasteiger partial charge >= 0.3 is 0 Å². The van der Waals surface area contributed by atoms with Gasteiger partial charge in [0.05, 0.1) is 25.4 Å². The van der Waals surface area contributed by atoms with Gasteiger partial charge in [-0.05, 0) is 31.9 Å². The highest BCUT2D eigenvalue weighted by atomic mass is 79.9. The van der Waals surface area contributed by atoms with Crippen LogP contribution < -0.4 is 0 Å². The number of alkyl halides is 2. The monoisotopic (exact) mass is 356 g/mol. The van der Waals surface area contributed by atoms with E-state index >= 15 is 0 Å². The number of rotatable bonds is 2. The Labute approximate surface area is 107 Å². The summed E-state index contributed by atoms with van der Waals surface area (Å²) in [6.07, 6.45) is 3.85. The number of hydrogen-bond donors (Lipinski definition) is 1. The Morgan fingerprint density at radius 1 is 1.44 bits per heavy atom. The summed E-state index contributed by atoms with van der Waals surface area (Å²) in [6.45, 7) is -0.293. The zero-order valence-electron chi connectivity index (χ0n) is 7.95. The second-order valence-electron chi connectivity index (χ2n) is 2.68. The number of imidazole rings is 2. The highest BCUT2D eigenvalue weighted by Gasteiger charge is 2.03. The van der Waals surface area contributed by atoms with E-state index in [1.807, 2.05) is 0 Å². The highest BCUT2D eigenvalue weighted by molar-refractivity contribution is 9.10. The summed E-state index contributed by atoms with van der Waals surface area (Å²) in [5.41, 5.74) is 0. The maximum absolute atomic E-state index is 11.7. The number of halogens is 4. The van der Waals surface area contributed by atoms with Crippen molar-refractivity contribution < 1.29 is 8.78 Å². The number of aromatic nitrogens is 4. The fourth-order valence-corrected chi connectivity index (χ4v) is 1.41. The molecule has 0 aromatic carbocycles. The zero-order chi connectivity index (χ0) is 12.0. The van der Waals surface area contributed by atoms with Gasteiger partial charge in [-0.1, -0.05) is 0 Å². The van der Waals surface area contributed by atoms with Gasteiger partial charge in [0.25, 0.3) is 6.43 Å². The van der Waals surface area contributed by atoms with Crippen LogP contribution in [-0.4, -0.2) is 25.9 Å². The highest BCUT2D eigenvalue weighted by Crippen LogP contribution is 2.06. The van der Waals surface area contributed by atoms with Crippen LogP contribution in [0.3, 0.4) is 0 Å². The summed E-state index contributed by atoms with van der Waals surface area (Å²) in [7, 11) is 0. The molecule has 0 atom stereocenters. The molecule has 4 nitrogen and oxygen atoms in total. The maximum Gasteiger partial charge on any atom is 0.256 e. The summed E-state index contributed by atoms with van der Waals surface area (Å²) in [4.78, 5) is 10.2. The van der Waals surface area contributed by atoms with E-state index in [0.717, 1.165) is 4.60 Å². The van der Waals surface area contributed by atoms with Crippen molar-refractivity contribution in [1.82, 2.24) is 19.5 Å². The lowest BCUT2D eigenvalue weighted by Gasteiger charge is -1.97. The largest absolute Gasteiger partial charge is 0.339 e. The molecule has 0 fully saturated rings. The molecule has 0 spiro atoms. The average Bonchev–Trinajstić information content (AvgIpc) is 2.78. The van der Waals surface area contributed by atoms with E-state index in [2.05, 4.69) is 46.8 Å². The molecule has 2 aromatic heterocycles. The normalized spacial score (nSPS) is 10.1. The smallest absolute Gasteiger partial charge is 0.256 e. The lowest BCUT2D eigenvalue weighted by molar-refractivity contribution is 0.126. The third kappa shape index (κ3) is 5.36. The Bertz CT molecular complexity index is 402. The summed E-state index contributed by atoms with van der Waals surface area (Å²) in [6, 6.07) is 0. The summed E-state index contributed by atoms with van der Waals surface area (Å²) >= 11 is 6.21. The van der Waals surface area contributed by atoms with Crippen molar-refractivity contribution in [3.05, 3.63) is 34.3 Å². The predicted octanol–water partition coefficient (Wildman–Crippen LogP) is 3.08. The second-order valence-corrected chi connectivity index (χ2v) is 4.35. The molecule has 0 bridgehead atoms. The van der Waals surface area contributed by atoms with Gasteiger partial charge in [0.15, 0.2) is 0 Å². The van der Waals surface area contributed by atoms with Crippen molar-refractivity contribution in [2.75, 3.05) is 0 Å². The minimum atomic E-state index is -2.32. The first-order valence-electron chi connectivity index (χ1n) is 4.17. The summed E-state index contributed by atoms with van der Waals surface area (Å²) in [5, 5.41) is 0. The predicted molar refractivity (Wildman–Crippen MR) is 62.2 cm³/mol. The molecule has 2 aromatic rings. The first-order valence-corrected chi connectivity index (χ1v) is 5.76. The minimum absolute atomic E-state index is 0.293. The third-order valence-electron chi connectivity index (χ3n) is 1.42. The van der Waals surface area contributed by atoms with Crippen LogP contribution in [0.2, 0.25) is 0 Å². The van der Waals surface area contributed by atoms with Crippen molar-refractivity contribution in [1.29, 1.82) is 0 Å². The van der Waals surface area contributed by atoms with Crippen LogP contribution in [0.15, 0.2) is 34.3 Å². The Hall–Kier alpha value is -0.760. The Kier molecular flexibility index (Phi) is 5.61. The van der Waals surface area contributed by atoms with Gasteiger partial charge < -0.3 is 9.55 Å². The van der Waals surface area contributed by atoms with Gasteiger partial charge in [-0.2, -0.15) is 0 Å². The minimum Gasteiger partial charge on any atom is -0.339 e. The number of nitrogens with one attached hydrogen (secondary N) is 1. The quantitative estimate of drug-likeness (QED) is 0.897. The lowest BCUT2D eigenvalue weighted by Crippen LogP contribution is -2.03. The molecule has 16 heavy (non-hydrogen) atoms. The van der Waals surface area contributed by atoms with Crippen LogP contribution in [0.5, 0.6) is 0 Å². The molecule has 1 N–H and O–H groups in total. The summed E-state index contributed by atoms with van der Waals surface area (Å²) in [5.74, 6) is 0. The van der Waals surface area contributed by atoms with Crippen LogP contribution in [0, 0.1) is 0 Å². The summed E-state index contributed by atoms with van der Waals surface area (Å²) < 4.78 is 26.2. The molecule has 0 unspecified atom stereocenters. The first kappa shape index (κ1) is 13.3. The van der Waals surface area contributed by atoms with Crippen molar-refractivity contribution in [3.63, 3.8) is 0 Å². The van der Waals surface area contributed by atoms with Crippen LogP contribution in [-0.2, 0) is 6.54 Å². The Morgan fingerprint density at radius 3 is 2.50 bits per heavy atom.